The maximum Gasteiger partial charge on any atom is 0.277 e. The van der Waals surface area contributed by atoms with Crippen LogP contribution in [0.4, 0.5) is 0 Å². The van der Waals surface area contributed by atoms with Crippen molar-refractivity contribution in [1.82, 2.24) is 24.3 Å². The molecule has 5 aromatic rings. The molecule has 0 spiro atoms. The molecular weight excluding hydrogens is 446 g/mol. The molecule has 0 radical (unpaired) electrons. The maximum atomic E-state index is 13.4. The first-order chi connectivity index (χ1) is 16.7. The van der Waals surface area contributed by atoms with Gasteiger partial charge in [-0.3, -0.25) is 9.36 Å². The molecule has 8 heteroatoms. The van der Waals surface area contributed by atoms with Crippen LogP contribution < -0.4 is 5.56 Å². The highest BCUT2D eigenvalue weighted by atomic mass is 32.2. The Labute approximate surface area is 201 Å². The Hall–Kier alpha value is -3.65. The summed E-state index contributed by atoms with van der Waals surface area (Å²) in [6, 6.07) is 18.0. The minimum atomic E-state index is -0.0620. The number of thioether (sulfide) groups is 1. The fourth-order valence-electron chi connectivity index (χ4n) is 3.98. The van der Waals surface area contributed by atoms with E-state index in [-0.39, 0.29) is 12.1 Å². The zero-order valence-corrected chi connectivity index (χ0v) is 20.0. The summed E-state index contributed by atoms with van der Waals surface area (Å²) in [4.78, 5) is 23.8. The average molecular weight is 472 g/mol. The van der Waals surface area contributed by atoms with Crippen LogP contribution in [0.15, 0.2) is 81.3 Å². The molecule has 0 fully saturated rings. The molecule has 0 saturated heterocycles. The van der Waals surface area contributed by atoms with Crippen LogP contribution in [0.1, 0.15) is 25.7 Å². The molecule has 7 nitrogen and oxygen atoms in total. The van der Waals surface area contributed by atoms with Gasteiger partial charge in [-0.05, 0) is 42.5 Å². The number of fused-ring (bicyclic) bond motifs is 1. The first kappa shape index (κ1) is 22.2. The SMILES string of the molecule is CCCCn1cnc2c(-c3ccccc3)cn(Cc3nc(-c4ccc(SC)cc4)no3)c2c1=O. The lowest BCUT2D eigenvalue weighted by molar-refractivity contribution is 0.373. The summed E-state index contributed by atoms with van der Waals surface area (Å²) in [6.45, 7) is 3.03. The zero-order valence-electron chi connectivity index (χ0n) is 19.1. The van der Waals surface area contributed by atoms with Crippen LogP contribution >= 0.6 is 11.8 Å². The van der Waals surface area contributed by atoms with Gasteiger partial charge in [0.1, 0.15) is 17.6 Å². The second-order valence-corrected chi connectivity index (χ2v) is 8.95. The molecule has 3 aromatic heterocycles. The predicted octanol–water partition coefficient (Wildman–Crippen LogP) is 5.49. The van der Waals surface area contributed by atoms with Crippen LogP contribution in [-0.2, 0) is 13.1 Å². The van der Waals surface area contributed by atoms with Crippen LogP contribution in [0, 0.1) is 0 Å². The Kier molecular flexibility index (Phi) is 6.31. The van der Waals surface area contributed by atoms with E-state index in [4.69, 9.17) is 4.52 Å². The number of nitrogens with zero attached hydrogens (tertiary/aromatic N) is 5. The standard InChI is InChI=1S/C26H25N5O2S/c1-3-4-14-30-17-27-23-21(18-8-6-5-7-9-18)15-31(24(23)26(30)32)16-22-28-25(29-33-22)19-10-12-20(34-2)13-11-19/h5-13,15,17H,3-4,14,16H2,1-2H3. The second kappa shape index (κ2) is 9.69. The van der Waals surface area contributed by atoms with Gasteiger partial charge in [0.2, 0.25) is 11.7 Å². The van der Waals surface area contributed by atoms with Crippen molar-refractivity contribution >= 4 is 22.8 Å². The highest BCUT2D eigenvalue weighted by Crippen LogP contribution is 2.28. The van der Waals surface area contributed by atoms with Crippen molar-refractivity contribution in [2.45, 2.75) is 37.8 Å². The van der Waals surface area contributed by atoms with Gasteiger partial charge in [0.15, 0.2) is 0 Å². The summed E-state index contributed by atoms with van der Waals surface area (Å²) in [5.74, 6) is 0.963. The summed E-state index contributed by atoms with van der Waals surface area (Å²) < 4.78 is 9.12. The van der Waals surface area contributed by atoms with Crippen molar-refractivity contribution in [2.75, 3.05) is 6.26 Å². The molecule has 0 atom stereocenters. The molecule has 0 aliphatic heterocycles. The van der Waals surface area contributed by atoms with E-state index in [1.807, 2.05) is 71.6 Å². The molecule has 34 heavy (non-hydrogen) atoms. The van der Waals surface area contributed by atoms with E-state index in [1.165, 1.54) is 4.90 Å². The first-order valence-corrected chi connectivity index (χ1v) is 12.5. The van der Waals surface area contributed by atoms with Crippen molar-refractivity contribution in [3.8, 4) is 22.5 Å². The highest BCUT2D eigenvalue weighted by Gasteiger charge is 2.18. The van der Waals surface area contributed by atoms with E-state index in [2.05, 4.69) is 22.0 Å². The Morgan fingerprint density at radius 2 is 1.79 bits per heavy atom. The summed E-state index contributed by atoms with van der Waals surface area (Å²) in [6.07, 6.45) is 7.57. The van der Waals surface area contributed by atoms with E-state index in [0.717, 1.165) is 29.5 Å². The largest absolute Gasteiger partial charge is 0.337 e. The van der Waals surface area contributed by atoms with Crippen molar-refractivity contribution < 1.29 is 4.52 Å². The Morgan fingerprint density at radius 3 is 2.53 bits per heavy atom. The van der Waals surface area contributed by atoms with Gasteiger partial charge in [-0.15, -0.1) is 11.8 Å². The lowest BCUT2D eigenvalue weighted by atomic mass is 10.1. The fraction of sp³-hybridized carbons (Fsp3) is 0.231. The van der Waals surface area contributed by atoms with E-state index < -0.39 is 0 Å². The molecule has 0 aliphatic rings. The van der Waals surface area contributed by atoms with Gasteiger partial charge >= 0.3 is 0 Å². The minimum Gasteiger partial charge on any atom is -0.337 e. The molecule has 172 valence electrons. The molecule has 0 bridgehead atoms. The van der Waals surface area contributed by atoms with E-state index in [9.17, 15) is 4.79 Å². The third-order valence-corrected chi connectivity index (χ3v) is 6.54. The van der Waals surface area contributed by atoms with Gasteiger partial charge in [-0.2, -0.15) is 4.98 Å². The van der Waals surface area contributed by atoms with Crippen molar-refractivity contribution in [3.63, 3.8) is 0 Å². The van der Waals surface area contributed by atoms with Gasteiger partial charge in [0.05, 0.1) is 6.33 Å². The number of hydrogen-bond donors (Lipinski definition) is 0. The van der Waals surface area contributed by atoms with E-state index in [1.54, 1.807) is 22.7 Å². The minimum absolute atomic E-state index is 0.0620. The number of aromatic nitrogens is 5. The molecular formula is C26H25N5O2S. The van der Waals surface area contributed by atoms with E-state index in [0.29, 0.717) is 29.3 Å². The molecule has 0 unspecified atom stereocenters. The fourth-order valence-corrected chi connectivity index (χ4v) is 4.39. The second-order valence-electron chi connectivity index (χ2n) is 8.07. The predicted molar refractivity (Wildman–Crippen MR) is 135 cm³/mol. The molecule has 0 aliphatic carbocycles. The van der Waals surface area contributed by atoms with Crippen LogP contribution in [0.5, 0.6) is 0 Å². The molecule has 0 saturated carbocycles. The highest BCUT2D eigenvalue weighted by molar-refractivity contribution is 7.98. The normalized spacial score (nSPS) is 11.4. The number of hydrogen-bond acceptors (Lipinski definition) is 6. The lowest BCUT2D eigenvalue weighted by Crippen LogP contribution is -2.22. The van der Waals surface area contributed by atoms with Crippen molar-refractivity contribution in [3.05, 3.63) is 83.4 Å². The maximum absolute atomic E-state index is 13.4. The van der Waals surface area contributed by atoms with Crippen molar-refractivity contribution in [1.29, 1.82) is 0 Å². The topological polar surface area (TPSA) is 78.7 Å². The van der Waals surface area contributed by atoms with Gasteiger partial charge in [-0.1, -0.05) is 48.8 Å². The molecule has 0 N–H and O–H groups in total. The number of rotatable bonds is 8. The van der Waals surface area contributed by atoms with Crippen LogP contribution in [0.2, 0.25) is 0 Å². The van der Waals surface area contributed by atoms with Crippen molar-refractivity contribution in [2.24, 2.45) is 0 Å². The smallest absolute Gasteiger partial charge is 0.277 e. The van der Waals surface area contributed by atoms with Gasteiger partial charge in [0.25, 0.3) is 5.56 Å². The monoisotopic (exact) mass is 471 g/mol. The van der Waals surface area contributed by atoms with Crippen LogP contribution in [0.25, 0.3) is 33.5 Å². The molecule has 3 heterocycles. The number of aryl methyl sites for hydroxylation is 1. The summed E-state index contributed by atoms with van der Waals surface area (Å²) >= 11 is 1.68. The number of benzene rings is 2. The van der Waals surface area contributed by atoms with Crippen LogP contribution in [0.3, 0.4) is 0 Å². The van der Waals surface area contributed by atoms with Gasteiger partial charge in [-0.25, -0.2) is 4.98 Å². The summed E-state index contributed by atoms with van der Waals surface area (Å²) in [5, 5.41) is 4.16. The third-order valence-electron chi connectivity index (χ3n) is 5.80. The first-order valence-electron chi connectivity index (χ1n) is 11.3. The Bertz CT molecular complexity index is 1470. The molecule has 0 amide bonds. The number of unbranched alkanes of at least 4 members (excludes halogenated alkanes) is 1. The van der Waals surface area contributed by atoms with E-state index >= 15 is 0 Å². The summed E-state index contributed by atoms with van der Waals surface area (Å²) in [7, 11) is 0. The Morgan fingerprint density at radius 1 is 1.00 bits per heavy atom. The summed E-state index contributed by atoms with van der Waals surface area (Å²) in [5.41, 5.74) is 3.96. The Balaban J connectivity index is 1.56. The van der Waals surface area contributed by atoms with Gasteiger partial charge < -0.3 is 9.09 Å². The zero-order chi connectivity index (χ0) is 23.5. The molecule has 5 rings (SSSR count). The third kappa shape index (κ3) is 4.28. The van der Waals surface area contributed by atoms with Gasteiger partial charge in [0, 0.05) is 28.8 Å². The van der Waals surface area contributed by atoms with Crippen LogP contribution in [-0.4, -0.2) is 30.5 Å². The average Bonchev–Trinajstić information content (AvgIpc) is 3.50. The quantitative estimate of drug-likeness (QED) is 0.279. The molecule has 2 aromatic carbocycles. The lowest BCUT2D eigenvalue weighted by Gasteiger charge is -2.06.